The lowest BCUT2D eigenvalue weighted by molar-refractivity contribution is -0.164. The lowest BCUT2D eigenvalue weighted by atomic mass is 10.0. The Labute approximate surface area is 122 Å². The molecule has 0 aliphatic carbocycles. The van der Waals surface area contributed by atoms with Crippen LogP contribution in [0.4, 0.5) is 0 Å². The minimum atomic E-state index is -4.24. The Hall–Kier alpha value is -1.93. The largest absolute Gasteiger partial charge is 0.469 e. The Balaban J connectivity index is 3.12. The fourth-order valence-electron chi connectivity index (χ4n) is 1.58. The summed E-state index contributed by atoms with van der Waals surface area (Å²) in [6.07, 6.45) is -0.595. The average Bonchev–Trinajstić information content (AvgIpc) is 2.46. The van der Waals surface area contributed by atoms with E-state index in [1.54, 1.807) is 6.07 Å². The molecule has 0 fully saturated rings. The van der Waals surface area contributed by atoms with Crippen LogP contribution in [0.15, 0.2) is 35.2 Å². The van der Waals surface area contributed by atoms with Gasteiger partial charge in [0.05, 0.1) is 25.5 Å². The first kappa shape index (κ1) is 17.1. The van der Waals surface area contributed by atoms with E-state index >= 15 is 0 Å². The first-order valence-corrected chi connectivity index (χ1v) is 7.32. The van der Waals surface area contributed by atoms with E-state index in [1.807, 2.05) is 0 Å². The highest BCUT2D eigenvalue weighted by atomic mass is 32.2. The third-order valence-corrected chi connectivity index (χ3v) is 4.09. The molecule has 1 rings (SSSR count). The summed E-state index contributed by atoms with van der Waals surface area (Å²) in [5, 5.41) is 0. The normalized spacial score (nSPS) is 14.0. The molecule has 0 saturated heterocycles. The monoisotopic (exact) mass is 316 g/mol. The maximum atomic E-state index is 12.2. The van der Waals surface area contributed by atoms with Crippen molar-refractivity contribution in [3.05, 3.63) is 30.3 Å². The molecule has 0 heterocycles. The fourth-order valence-corrected chi connectivity index (χ4v) is 2.77. The Bertz CT molecular complexity index is 609. The van der Waals surface area contributed by atoms with Crippen molar-refractivity contribution < 1.29 is 31.7 Å². The standard InChI is InChI=1S/C13H16O7S/c1-13(12(15)19-3,9-11(14)18-2)20-21(16,17)10-7-5-4-6-8-10/h4-8H,9H2,1-3H3. The third-order valence-electron chi connectivity index (χ3n) is 2.65. The highest BCUT2D eigenvalue weighted by molar-refractivity contribution is 7.86. The molecule has 8 heteroatoms. The van der Waals surface area contributed by atoms with Gasteiger partial charge in [0.1, 0.15) is 0 Å². The molecule has 0 aliphatic heterocycles. The highest BCUT2D eigenvalue weighted by Gasteiger charge is 2.43. The first-order valence-electron chi connectivity index (χ1n) is 5.91. The van der Waals surface area contributed by atoms with Crippen LogP contribution in [0.25, 0.3) is 0 Å². The van der Waals surface area contributed by atoms with Crippen LogP contribution >= 0.6 is 0 Å². The maximum Gasteiger partial charge on any atom is 0.340 e. The molecule has 0 saturated carbocycles. The van der Waals surface area contributed by atoms with Gasteiger partial charge in [-0.25, -0.2) is 8.98 Å². The van der Waals surface area contributed by atoms with Crippen LogP contribution in [-0.2, 0) is 33.4 Å². The Morgan fingerprint density at radius 3 is 2.14 bits per heavy atom. The van der Waals surface area contributed by atoms with Crippen molar-refractivity contribution >= 4 is 22.1 Å². The first-order chi connectivity index (χ1) is 9.75. The smallest absolute Gasteiger partial charge is 0.340 e. The SMILES string of the molecule is COC(=O)CC(C)(OS(=O)(=O)c1ccccc1)C(=O)OC. The number of esters is 2. The summed E-state index contributed by atoms with van der Waals surface area (Å²) >= 11 is 0. The van der Waals surface area contributed by atoms with Gasteiger partial charge in [-0.1, -0.05) is 18.2 Å². The van der Waals surface area contributed by atoms with E-state index in [0.717, 1.165) is 21.1 Å². The molecule has 21 heavy (non-hydrogen) atoms. The second-order valence-corrected chi connectivity index (χ2v) is 5.87. The second kappa shape index (κ2) is 6.68. The van der Waals surface area contributed by atoms with E-state index in [0.29, 0.717) is 0 Å². The third kappa shape index (κ3) is 4.27. The fraction of sp³-hybridized carbons (Fsp3) is 0.385. The van der Waals surface area contributed by atoms with E-state index in [-0.39, 0.29) is 4.90 Å². The Morgan fingerprint density at radius 2 is 1.67 bits per heavy atom. The lowest BCUT2D eigenvalue weighted by Gasteiger charge is -2.24. The van der Waals surface area contributed by atoms with Crippen LogP contribution < -0.4 is 0 Å². The average molecular weight is 316 g/mol. The van der Waals surface area contributed by atoms with Crippen LogP contribution in [0.2, 0.25) is 0 Å². The summed E-state index contributed by atoms with van der Waals surface area (Å²) in [6, 6.07) is 7.27. The van der Waals surface area contributed by atoms with E-state index in [9.17, 15) is 18.0 Å². The predicted molar refractivity (Wildman–Crippen MR) is 71.8 cm³/mol. The van der Waals surface area contributed by atoms with E-state index in [2.05, 4.69) is 9.47 Å². The van der Waals surface area contributed by atoms with Crippen LogP contribution in [-0.4, -0.2) is 40.2 Å². The minimum absolute atomic E-state index is 0.134. The zero-order valence-electron chi connectivity index (χ0n) is 11.9. The number of carbonyl (C=O) groups is 2. The van der Waals surface area contributed by atoms with Gasteiger partial charge in [-0.2, -0.15) is 8.42 Å². The van der Waals surface area contributed by atoms with Crippen molar-refractivity contribution in [1.82, 2.24) is 0 Å². The maximum absolute atomic E-state index is 12.2. The molecule has 7 nitrogen and oxygen atoms in total. The van der Waals surface area contributed by atoms with Gasteiger partial charge in [0.25, 0.3) is 10.1 Å². The van der Waals surface area contributed by atoms with Gasteiger partial charge in [-0.3, -0.25) is 4.79 Å². The van der Waals surface area contributed by atoms with Crippen molar-refractivity contribution in [2.75, 3.05) is 14.2 Å². The minimum Gasteiger partial charge on any atom is -0.469 e. The molecule has 1 aromatic rings. The quantitative estimate of drug-likeness (QED) is 0.568. The lowest BCUT2D eigenvalue weighted by Crippen LogP contribution is -2.43. The van der Waals surface area contributed by atoms with Crippen LogP contribution in [0.5, 0.6) is 0 Å². The summed E-state index contributed by atoms with van der Waals surface area (Å²) in [6.45, 7) is 1.15. The highest BCUT2D eigenvalue weighted by Crippen LogP contribution is 2.25. The zero-order chi connectivity index (χ0) is 16.1. The molecule has 0 aliphatic rings. The molecule has 1 aromatic carbocycles. The predicted octanol–water partition coefficient (Wildman–Crippen LogP) is 0.887. The van der Waals surface area contributed by atoms with Gasteiger partial charge in [-0.05, 0) is 19.1 Å². The van der Waals surface area contributed by atoms with Gasteiger partial charge in [0.2, 0.25) is 0 Å². The topological polar surface area (TPSA) is 96.0 Å². The second-order valence-electron chi connectivity index (χ2n) is 4.33. The number of ether oxygens (including phenoxy) is 2. The molecule has 0 N–H and O–H groups in total. The van der Waals surface area contributed by atoms with E-state index < -0.39 is 34.1 Å². The number of hydrogen-bond acceptors (Lipinski definition) is 7. The van der Waals surface area contributed by atoms with Crippen LogP contribution in [0.3, 0.4) is 0 Å². The van der Waals surface area contributed by atoms with E-state index in [4.69, 9.17) is 4.18 Å². The van der Waals surface area contributed by atoms with Gasteiger partial charge in [-0.15, -0.1) is 0 Å². The molecule has 0 radical (unpaired) electrons. The number of methoxy groups -OCH3 is 2. The van der Waals surface area contributed by atoms with Crippen LogP contribution in [0, 0.1) is 0 Å². The number of rotatable bonds is 6. The molecule has 0 aromatic heterocycles. The summed E-state index contributed by atoms with van der Waals surface area (Å²) in [4.78, 5) is 23.0. The van der Waals surface area contributed by atoms with Gasteiger partial charge >= 0.3 is 11.9 Å². The molecule has 0 amide bonds. The molecule has 0 bridgehead atoms. The Kier molecular flexibility index (Phi) is 5.45. The van der Waals surface area contributed by atoms with Gasteiger partial charge in [0.15, 0.2) is 5.60 Å². The van der Waals surface area contributed by atoms with E-state index in [1.165, 1.54) is 24.3 Å². The van der Waals surface area contributed by atoms with Gasteiger partial charge in [0, 0.05) is 0 Å². The van der Waals surface area contributed by atoms with Crippen molar-refractivity contribution in [1.29, 1.82) is 0 Å². The molecule has 1 atom stereocenters. The molecular formula is C13H16O7S. The van der Waals surface area contributed by atoms with Crippen molar-refractivity contribution in [3.8, 4) is 0 Å². The molecular weight excluding hydrogens is 300 g/mol. The van der Waals surface area contributed by atoms with Crippen molar-refractivity contribution in [2.24, 2.45) is 0 Å². The molecule has 1 unspecified atom stereocenters. The summed E-state index contributed by atoms with van der Waals surface area (Å²) < 4.78 is 38.2. The number of carbonyl (C=O) groups excluding carboxylic acids is 2. The van der Waals surface area contributed by atoms with Crippen LogP contribution in [0.1, 0.15) is 13.3 Å². The number of hydrogen-bond donors (Lipinski definition) is 0. The number of benzene rings is 1. The summed E-state index contributed by atoms with van der Waals surface area (Å²) in [5.74, 6) is -1.79. The molecule has 116 valence electrons. The Morgan fingerprint density at radius 1 is 1.10 bits per heavy atom. The summed E-state index contributed by atoms with van der Waals surface area (Å²) in [7, 11) is -2.05. The van der Waals surface area contributed by atoms with Crippen molar-refractivity contribution in [3.63, 3.8) is 0 Å². The summed E-state index contributed by atoms with van der Waals surface area (Å²) in [5.41, 5.74) is -2.00. The molecule has 0 spiro atoms. The zero-order valence-corrected chi connectivity index (χ0v) is 12.7. The van der Waals surface area contributed by atoms with Gasteiger partial charge < -0.3 is 9.47 Å². The van der Waals surface area contributed by atoms with Crippen molar-refractivity contribution in [2.45, 2.75) is 23.8 Å².